The molecule has 0 saturated heterocycles. The van der Waals surface area contributed by atoms with Crippen molar-refractivity contribution in [1.29, 1.82) is 0 Å². The minimum atomic E-state index is 0.386. The lowest BCUT2D eigenvalue weighted by Gasteiger charge is -2.24. The number of furan rings is 1. The van der Waals surface area contributed by atoms with Crippen LogP contribution in [0.1, 0.15) is 50.7 Å². The molecule has 0 fully saturated rings. The highest BCUT2D eigenvalue weighted by Crippen LogP contribution is 2.39. The molecular weight excluding hydrogens is 438 g/mol. The first-order chi connectivity index (χ1) is 17.5. The number of para-hydroxylation sites is 1. The first-order valence-corrected chi connectivity index (χ1v) is 12.8. The molecule has 0 saturated carbocycles. The summed E-state index contributed by atoms with van der Waals surface area (Å²) < 4.78 is 8.48. The van der Waals surface area contributed by atoms with Gasteiger partial charge in [0.1, 0.15) is 11.2 Å². The lowest BCUT2D eigenvalue weighted by Crippen LogP contribution is -2.08. The van der Waals surface area contributed by atoms with E-state index in [0.29, 0.717) is 11.8 Å². The summed E-state index contributed by atoms with van der Waals surface area (Å²) in [5.41, 5.74) is 10.8. The fraction of sp³-hybridized carbons (Fsp3) is 0.176. The highest BCUT2D eigenvalue weighted by molar-refractivity contribution is 6.06. The maximum Gasteiger partial charge on any atom is 0.135 e. The van der Waals surface area contributed by atoms with Gasteiger partial charge in [-0.05, 0) is 88.2 Å². The SMILES string of the molecule is CC(C)c1cc(-c2ccccc2)cc(C(C)C)c1-n1cccc1-c1ccc2oc3ccccc3c2c1. The number of hydrogen-bond acceptors (Lipinski definition) is 1. The van der Waals surface area contributed by atoms with E-state index in [2.05, 4.69) is 123 Å². The molecule has 2 heterocycles. The number of hydrogen-bond donors (Lipinski definition) is 0. The van der Waals surface area contributed by atoms with Crippen LogP contribution < -0.4 is 0 Å². The van der Waals surface area contributed by atoms with E-state index < -0.39 is 0 Å². The Morgan fingerprint density at radius 3 is 1.94 bits per heavy atom. The standard InChI is InChI=1S/C34H31NO/c1-22(2)28-20-26(24-11-6-5-7-12-24)21-29(23(3)4)34(28)35-18-10-14-31(35)25-16-17-33-30(19-25)27-13-8-9-15-32(27)36-33/h5-23H,1-4H3. The first kappa shape index (κ1) is 22.4. The number of benzene rings is 4. The fourth-order valence-electron chi connectivity index (χ4n) is 5.33. The third-order valence-electron chi connectivity index (χ3n) is 7.18. The maximum atomic E-state index is 6.09. The molecule has 178 valence electrons. The average Bonchev–Trinajstić information content (AvgIpc) is 3.53. The van der Waals surface area contributed by atoms with E-state index in [4.69, 9.17) is 4.42 Å². The molecule has 0 spiro atoms. The summed E-state index contributed by atoms with van der Waals surface area (Å²) in [6.45, 7) is 9.18. The molecule has 0 aliphatic heterocycles. The average molecular weight is 470 g/mol. The second-order valence-electron chi connectivity index (χ2n) is 10.3. The van der Waals surface area contributed by atoms with Crippen molar-refractivity contribution in [2.45, 2.75) is 39.5 Å². The number of rotatable bonds is 5. The van der Waals surface area contributed by atoms with E-state index in [0.717, 1.165) is 21.9 Å². The Bertz CT molecular complexity index is 1650. The van der Waals surface area contributed by atoms with Gasteiger partial charge in [-0.1, -0.05) is 76.2 Å². The molecule has 0 amide bonds. The van der Waals surface area contributed by atoms with E-state index in [1.54, 1.807) is 0 Å². The van der Waals surface area contributed by atoms with Crippen molar-refractivity contribution < 1.29 is 4.42 Å². The highest BCUT2D eigenvalue weighted by Gasteiger charge is 2.20. The van der Waals surface area contributed by atoms with Gasteiger partial charge in [0, 0.05) is 17.0 Å². The van der Waals surface area contributed by atoms with Gasteiger partial charge in [-0.15, -0.1) is 0 Å². The molecule has 0 radical (unpaired) electrons. The third kappa shape index (κ3) is 3.74. The second-order valence-corrected chi connectivity index (χ2v) is 10.3. The summed E-state index contributed by atoms with van der Waals surface area (Å²) in [6, 6.07) is 34.7. The summed E-state index contributed by atoms with van der Waals surface area (Å²) in [4.78, 5) is 0. The quantitative estimate of drug-likeness (QED) is 0.246. The van der Waals surface area contributed by atoms with Gasteiger partial charge in [0.05, 0.1) is 11.4 Å². The molecule has 0 atom stereocenters. The fourth-order valence-corrected chi connectivity index (χ4v) is 5.33. The molecule has 6 rings (SSSR count). The zero-order chi connectivity index (χ0) is 24.8. The molecule has 0 N–H and O–H groups in total. The van der Waals surface area contributed by atoms with Gasteiger partial charge in [-0.2, -0.15) is 0 Å². The summed E-state index contributed by atoms with van der Waals surface area (Å²) in [5.74, 6) is 0.772. The van der Waals surface area contributed by atoms with Gasteiger partial charge in [0.2, 0.25) is 0 Å². The maximum absolute atomic E-state index is 6.09. The zero-order valence-corrected chi connectivity index (χ0v) is 21.3. The molecule has 2 aromatic heterocycles. The van der Waals surface area contributed by atoms with E-state index in [-0.39, 0.29) is 0 Å². The van der Waals surface area contributed by atoms with Crippen molar-refractivity contribution in [2.75, 3.05) is 0 Å². The van der Waals surface area contributed by atoms with Crippen LogP contribution in [0.25, 0.3) is 50.0 Å². The van der Waals surface area contributed by atoms with Crippen LogP contribution in [0.4, 0.5) is 0 Å². The molecular formula is C34H31NO. The molecule has 0 aliphatic carbocycles. The number of fused-ring (bicyclic) bond motifs is 3. The van der Waals surface area contributed by atoms with E-state index in [1.165, 1.54) is 39.2 Å². The second kappa shape index (κ2) is 8.87. The van der Waals surface area contributed by atoms with Crippen LogP contribution in [0.3, 0.4) is 0 Å². The highest BCUT2D eigenvalue weighted by atomic mass is 16.3. The Balaban J connectivity index is 1.57. The predicted molar refractivity (Wildman–Crippen MR) is 152 cm³/mol. The van der Waals surface area contributed by atoms with Gasteiger partial charge in [0.25, 0.3) is 0 Å². The van der Waals surface area contributed by atoms with Gasteiger partial charge >= 0.3 is 0 Å². The van der Waals surface area contributed by atoms with Crippen LogP contribution in [-0.2, 0) is 0 Å². The number of nitrogens with zero attached hydrogens (tertiary/aromatic N) is 1. The predicted octanol–water partition coefficient (Wildman–Crippen LogP) is 9.96. The molecule has 0 aliphatic rings. The van der Waals surface area contributed by atoms with Crippen LogP contribution in [-0.4, -0.2) is 4.57 Å². The largest absolute Gasteiger partial charge is 0.456 e. The molecule has 0 bridgehead atoms. The van der Waals surface area contributed by atoms with Crippen LogP contribution in [0.15, 0.2) is 108 Å². The van der Waals surface area contributed by atoms with Crippen LogP contribution >= 0.6 is 0 Å². The van der Waals surface area contributed by atoms with Crippen LogP contribution in [0.5, 0.6) is 0 Å². The summed E-state index contributed by atoms with van der Waals surface area (Å²) in [6.07, 6.45) is 2.21. The third-order valence-corrected chi connectivity index (χ3v) is 7.18. The van der Waals surface area contributed by atoms with Crippen molar-refractivity contribution in [3.8, 4) is 28.1 Å². The van der Waals surface area contributed by atoms with Crippen molar-refractivity contribution in [3.63, 3.8) is 0 Å². The topological polar surface area (TPSA) is 18.1 Å². The van der Waals surface area contributed by atoms with Crippen molar-refractivity contribution in [1.82, 2.24) is 4.57 Å². The van der Waals surface area contributed by atoms with Gasteiger partial charge in [0.15, 0.2) is 0 Å². The zero-order valence-electron chi connectivity index (χ0n) is 21.3. The Morgan fingerprint density at radius 2 is 1.22 bits per heavy atom. The van der Waals surface area contributed by atoms with Crippen LogP contribution in [0.2, 0.25) is 0 Å². The Morgan fingerprint density at radius 1 is 0.556 bits per heavy atom. The van der Waals surface area contributed by atoms with Crippen LogP contribution in [0, 0.1) is 0 Å². The molecule has 4 aromatic carbocycles. The molecule has 0 unspecified atom stereocenters. The smallest absolute Gasteiger partial charge is 0.135 e. The Hall–Kier alpha value is -4.04. The normalized spacial score (nSPS) is 11.8. The van der Waals surface area contributed by atoms with Crippen molar-refractivity contribution in [2.24, 2.45) is 0 Å². The van der Waals surface area contributed by atoms with Crippen molar-refractivity contribution in [3.05, 3.63) is 114 Å². The molecule has 2 heteroatoms. The van der Waals surface area contributed by atoms with Gasteiger partial charge in [-0.3, -0.25) is 0 Å². The molecule has 6 aromatic rings. The summed E-state index contributed by atoms with van der Waals surface area (Å²) in [7, 11) is 0. The lowest BCUT2D eigenvalue weighted by molar-refractivity contribution is 0.669. The molecule has 36 heavy (non-hydrogen) atoms. The van der Waals surface area contributed by atoms with Gasteiger partial charge < -0.3 is 8.98 Å². The minimum Gasteiger partial charge on any atom is -0.456 e. The summed E-state index contributed by atoms with van der Waals surface area (Å²) >= 11 is 0. The Labute approximate surface area is 212 Å². The monoisotopic (exact) mass is 469 g/mol. The van der Waals surface area contributed by atoms with Crippen molar-refractivity contribution >= 4 is 21.9 Å². The minimum absolute atomic E-state index is 0.386. The summed E-state index contributed by atoms with van der Waals surface area (Å²) in [5, 5.41) is 2.31. The first-order valence-electron chi connectivity index (χ1n) is 12.8. The van der Waals surface area contributed by atoms with E-state index >= 15 is 0 Å². The van der Waals surface area contributed by atoms with E-state index in [1.807, 2.05) is 12.1 Å². The Kier molecular flexibility index (Phi) is 5.53. The molecule has 2 nitrogen and oxygen atoms in total. The van der Waals surface area contributed by atoms with Gasteiger partial charge in [-0.25, -0.2) is 0 Å². The number of aromatic nitrogens is 1. The lowest BCUT2D eigenvalue weighted by atomic mass is 9.88. The van der Waals surface area contributed by atoms with E-state index in [9.17, 15) is 0 Å².